The van der Waals surface area contributed by atoms with Gasteiger partial charge in [-0.2, -0.15) is 0 Å². The first-order chi connectivity index (χ1) is 13.6. The van der Waals surface area contributed by atoms with Crippen LogP contribution in [0.5, 0.6) is 5.75 Å². The number of rotatable bonds is 1. The Kier molecular flexibility index (Phi) is 4.46. The minimum atomic E-state index is -0.152. The maximum atomic E-state index is 11.5. The normalized spacial score (nSPS) is 12.6. The smallest absolute Gasteiger partial charge is 0.127 e. The largest absolute Gasteiger partial charge is 0.507 e. The first-order valence-electron chi connectivity index (χ1n) is 10.4. The molecule has 1 nitrogen and oxygen atoms in total. The first kappa shape index (κ1) is 19.5. The fraction of sp³-hybridized carbons (Fsp3) is 0.286. The summed E-state index contributed by atoms with van der Waals surface area (Å²) in [4.78, 5) is 0. The van der Waals surface area contributed by atoms with Crippen LogP contribution in [0.2, 0.25) is 0 Å². The summed E-state index contributed by atoms with van der Waals surface area (Å²) in [5.74, 6) is 0.395. The lowest BCUT2D eigenvalue weighted by Gasteiger charge is -2.28. The van der Waals surface area contributed by atoms with Gasteiger partial charge in [0.1, 0.15) is 5.75 Å². The van der Waals surface area contributed by atoms with Crippen LogP contribution in [0.15, 0.2) is 66.7 Å². The van der Waals surface area contributed by atoms with Crippen molar-refractivity contribution in [3.8, 4) is 16.9 Å². The van der Waals surface area contributed by atoms with Crippen LogP contribution < -0.4 is 0 Å². The van der Waals surface area contributed by atoms with Gasteiger partial charge in [-0.25, -0.2) is 0 Å². The van der Waals surface area contributed by atoms with E-state index >= 15 is 0 Å². The second-order valence-electron chi connectivity index (χ2n) is 10.1. The van der Waals surface area contributed by atoms with Gasteiger partial charge in [0.05, 0.1) is 0 Å². The van der Waals surface area contributed by atoms with Crippen molar-refractivity contribution < 1.29 is 5.11 Å². The molecule has 0 bridgehead atoms. The van der Waals surface area contributed by atoms with E-state index in [2.05, 4.69) is 108 Å². The van der Waals surface area contributed by atoms with Gasteiger partial charge in [-0.3, -0.25) is 0 Å². The van der Waals surface area contributed by atoms with Crippen LogP contribution in [0.1, 0.15) is 52.7 Å². The van der Waals surface area contributed by atoms with E-state index in [0.29, 0.717) is 5.75 Å². The molecule has 1 N–H and O–H groups in total. The molecule has 0 spiro atoms. The Bertz CT molecular complexity index is 1160. The predicted octanol–water partition coefficient (Wildman–Crippen LogP) is 7.96. The average molecular weight is 383 g/mol. The summed E-state index contributed by atoms with van der Waals surface area (Å²) in [5.41, 5.74) is 4.12. The lowest BCUT2D eigenvalue weighted by molar-refractivity contribution is 0.446. The highest BCUT2D eigenvalue weighted by atomic mass is 16.3. The molecule has 0 heterocycles. The zero-order valence-electron chi connectivity index (χ0n) is 18.3. The molecule has 0 saturated heterocycles. The molecule has 0 saturated carbocycles. The average Bonchev–Trinajstić information content (AvgIpc) is 2.64. The number of aromatic hydroxyl groups is 1. The molecule has 1 heteroatoms. The molecule has 29 heavy (non-hydrogen) atoms. The molecule has 148 valence electrons. The second-order valence-corrected chi connectivity index (χ2v) is 10.1. The van der Waals surface area contributed by atoms with E-state index in [9.17, 15) is 5.11 Å². The molecule has 4 aromatic carbocycles. The second kappa shape index (κ2) is 6.62. The quantitative estimate of drug-likeness (QED) is 0.331. The number of phenolic OH excluding ortho intramolecular Hbond substituents is 1. The molecule has 0 aliphatic rings. The van der Waals surface area contributed by atoms with Crippen LogP contribution in [0.25, 0.3) is 32.7 Å². The maximum absolute atomic E-state index is 11.5. The summed E-state index contributed by atoms with van der Waals surface area (Å²) in [6.45, 7) is 13.2. The van der Waals surface area contributed by atoms with Gasteiger partial charge in [-0.1, -0.05) is 96.1 Å². The lowest BCUT2D eigenvalue weighted by atomic mass is 9.77. The minimum absolute atomic E-state index is 0.0111. The maximum Gasteiger partial charge on any atom is 0.127 e. The molecule has 4 rings (SSSR count). The topological polar surface area (TPSA) is 20.2 Å². The van der Waals surface area contributed by atoms with E-state index in [1.54, 1.807) is 0 Å². The fourth-order valence-electron chi connectivity index (χ4n) is 4.13. The van der Waals surface area contributed by atoms with Crippen molar-refractivity contribution in [3.05, 3.63) is 77.9 Å². The number of fused-ring (bicyclic) bond motifs is 2. The summed E-state index contributed by atoms with van der Waals surface area (Å²) in [5, 5.41) is 16.2. The Morgan fingerprint density at radius 2 is 1.14 bits per heavy atom. The Morgan fingerprint density at radius 3 is 1.62 bits per heavy atom. The van der Waals surface area contributed by atoms with E-state index in [0.717, 1.165) is 16.7 Å². The highest BCUT2D eigenvalue weighted by Gasteiger charge is 2.26. The van der Waals surface area contributed by atoms with Crippen LogP contribution in [0.4, 0.5) is 0 Å². The van der Waals surface area contributed by atoms with E-state index in [-0.39, 0.29) is 10.8 Å². The molecule has 0 aliphatic carbocycles. The highest BCUT2D eigenvalue weighted by Crippen LogP contribution is 2.46. The van der Waals surface area contributed by atoms with E-state index < -0.39 is 0 Å². The van der Waals surface area contributed by atoms with Crippen molar-refractivity contribution in [2.24, 2.45) is 0 Å². The SMILES string of the molecule is CC(C)(C)c1cc(-c2c3ccccc3cc3ccccc23)c(O)c(C(C)(C)C)c1. The van der Waals surface area contributed by atoms with Gasteiger partial charge in [0.25, 0.3) is 0 Å². The number of phenols is 1. The zero-order chi connectivity index (χ0) is 21.0. The van der Waals surface area contributed by atoms with Crippen LogP contribution in [0, 0.1) is 0 Å². The Hall–Kier alpha value is -2.80. The number of hydrogen-bond acceptors (Lipinski definition) is 1. The zero-order valence-corrected chi connectivity index (χ0v) is 18.3. The summed E-state index contributed by atoms with van der Waals surface area (Å²) in [7, 11) is 0. The fourth-order valence-corrected chi connectivity index (χ4v) is 4.13. The molecule has 0 fully saturated rings. The molecule has 0 aliphatic heterocycles. The van der Waals surface area contributed by atoms with E-state index in [1.165, 1.54) is 27.1 Å². The Labute approximate surface area is 174 Å². The molecular formula is C28H30O. The van der Waals surface area contributed by atoms with Gasteiger partial charge < -0.3 is 5.11 Å². The van der Waals surface area contributed by atoms with Gasteiger partial charge >= 0.3 is 0 Å². The van der Waals surface area contributed by atoms with Crippen molar-refractivity contribution in [1.29, 1.82) is 0 Å². The summed E-state index contributed by atoms with van der Waals surface area (Å²) < 4.78 is 0. The molecular weight excluding hydrogens is 352 g/mol. The molecule has 0 unspecified atom stereocenters. The third kappa shape index (κ3) is 3.40. The standard InChI is InChI=1S/C28H30O/c1-27(2,3)20-16-23(26(29)24(17-20)28(4,5)6)25-21-13-9-7-11-18(21)15-19-12-8-10-14-22(19)25/h7-17,29H,1-6H3. The van der Waals surface area contributed by atoms with Crippen molar-refractivity contribution in [1.82, 2.24) is 0 Å². The van der Waals surface area contributed by atoms with Gasteiger partial charge in [-0.15, -0.1) is 0 Å². The predicted molar refractivity (Wildman–Crippen MR) is 126 cm³/mol. The monoisotopic (exact) mass is 382 g/mol. The van der Waals surface area contributed by atoms with Crippen LogP contribution in [0.3, 0.4) is 0 Å². The summed E-state index contributed by atoms with van der Waals surface area (Å²) in [6.07, 6.45) is 0. The molecule has 4 aromatic rings. The van der Waals surface area contributed by atoms with Crippen LogP contribution >= 0.6 is 0 Å². The Balaban J connectivity index is 2.21. The molecule has 0 aromatic heterocycles. The van der Waals surface area contributed by atoms with E-state index in [4.69, 9.17) is 0 Å². The summed E-state index contributed by atoms with van der Waals surface area (Å²) in [6, 6.07) is 23.6. The van der Waals surface area contributed by atoms with Gasteiger partial charge in [0.15, 0.2) is 0 Å². The minimum Gasteiger partial charge on any atom is -0.507 e. The molecule has 0 radical (unpaired) electrons. The molecule has 0 atom stereocenters. The van der Waals surface area contributed by atoms with Crippen LogP contribution in [-0.2, 0) is 10.8 Å². The van der Waals surface area contributed by atoms with Crippen LogP contribution in [-0.4, -0.2) is 5.11 Å². The van der Waals surface area contributed by atoms with Crippen molar-refractivity contribution in [2.75, 3.05) is 0 Å². The van der Waals surface area contributed by atoms with Crippen molar-refractivity contribution >= 4 is 21.5 Å². The lowest BCUT2D eigenvalue weighted by Crippen LogP contribution is -2.17. The first-order valence-corrected chi connectivity index (χ1v) is 10.4. The van der Waals surface area contributed by atoms with Gasteiger partial charge in [0.2, 0.25) is 0 Å². The van der Waals surface area contributed by atoms with Gasteiger partial charge in [0, 0.05) is 16.7 Å². The molecule has 0 amide bonds. The number of benzene rings is 4. The Morgan fingerprint density at radius 1 is 0.621 bits per heavy atom. The third-order valence-electron chi connectivity index (χ3n) is 5.82. The number of hydrogen-bond donors (Lipinski definition) is 1. The van der Waals surface area contributed by atoms with Gasteiger partial charge in [-0.05, 0) is 50.1 Å². The van der Waals surface area contributed by atoms with Crippen molar-refractivity contribution in [3.63, 3.8) is 0 Å². The highest BCUT2D eigenvalue weighted by molar-refractivity contribution is 6.13. The van der Waals surface area contributed by atoms with Crippen molar-refractivity contribution in [2.45, 2.75) is 52.4 Å². The summed E-state index contributed by atoms with van der Waals surface area (Å²) >= 11 is 0. The van der Waals surface area contributed by atoms with E-state index in [1.807, 2.05) is 0 Å². The third-order valence-corrected chi connectivity index (χ3v) is 5.82.